The van der Waals surface area contributed by atoms with E-state index in [2.05, 4.69) is 14.7 Å². The molecule has 4 aromatic rings. The molecule has 0 unspecified atom stereocenters. The Bertz CT molecular complexity index is 1200. The van der Waals surface area contributed by atoms with Crippen molar-refractivity contribution in [2.45, 2.75) is 11.4 Å². The van der Waals surface area contributed by atoms with Gasteiger partial charge in [0.2, 0.25) is 10.0 Å². The van der Waals surface area contributed by atoms with Gasteiger partial charge in [-0.15, -0.1) is 0 Å². The number of hydrogen-bond acceptors (Lipinski definition) is 3. The zero-order valence-electron chi connectivity index (χ0n) is 14.2. The Labute approximate surface area is 162 Å². The summed E-state index contributed by atoms with van der Waals surface area (Å²) in [5.41, 5.74) is 3.11. The van der Waals surface area contributed by atoms with Crippen LogP contribution in [-0.2, 0) is 16.6 Å². The quantitative estimate of drug-likeness (QED) is 0.525. The Balaban J connectivity index is 1.60. The number of hydrogen-bond donors (Lipinski definition) is 2. The van der Waals surface area contributed by atoms with Gasteiger partial charge in [-0.3, -0.25) is 0 Å². The van der Waals surface area contributed by atoms with E-state index in [1.807, 2.05) is 36.4 Å². The summed E-state index contributed by atoms with van der Waals surface area (Å²) >= 11 is 5.94. The predicted molar refractivity (Wildman–Crippen MR) is 107 cm³/mol. The Kier molecular flexibility index (Phi) is 4.70. The van der Waals surface area contributed by atoms with Gasteiger partial charge < -0.3 is 4.98 Å². The van der Waals surface area contributed by atoms with E-state index in [0.717, 1.165) is 11.1 Å². The standard InChI is InChI=1S/C20H16ClN3O2S/c21-16-8-4-5-14(11-16)13-22-27(25,26)17-9-10-18-19(12-17)24-20(23-18)15-6-2-1-3-7-15/h1-12,22H,13H2,(H,23,24). The van der Waals surface area contributed by atoms with Crippen LogP contribution in [0, 0.1) is 0 Å². The van der Waals surface area contributed by atoms with Crippen LogP contribution in [0.3, 0.4) is 0 Å². The van der Waals surface area contributed by atoms with E-state index in [1.165, 1.54) is 0 Å². The van der Waals surface area contributed by atoms with Gasteiger partial charge in [0.05, 0.1) is 15.9 Å². The fraction of sp³-hybridized carbons (Fsp3) is 0.0500. The molecular weight excluding hydrogens is 382 g/mol. The average Bonchev–Trinajstić information content (AvgIpc) is 3.11. The number of nitrogens with one attached hydrogen (secondary N) is 2. The first-order valence-electron chi connectivity index (χ1n) is 8.30. The van der Waals surface area contributed by atoms with Gasteiger partial charge in [-0.25, -0.2) is 18.1 Å². The van der Waals surface area contributed by atoms with Crippen LogP contribution in [0.4, 0.5) is 0 Å². The van der Waals surface area contributed by atoms with Crippen LogP contribution in [0.5, 0.6) is 0 Å². The van der Waals surface area contributed by atoms with E-state index in [9.17, 15) is 8.42 Å². The van der Waals surface area contributed by atoms with Gasteiger partial charge in [-0.1, -0.05) is 54.1 Å². The van der Waals surface area contributed by atoms with Crippen LogP contribution in [0.1, 0.15) is 5.56 Å². The number of H-pyrrole nitrogens is 1. The average molecular weight is 398 g/mol. The molecule has 0 spiro atoms. The Morgan fingerprint density at radius 2 is 1.78 bits per heavy atom. The Hall–Kier alpha value is -2.67. The van der Waals surface area contributed by atoms with Gasteiger partial charge in [-0.05, 0) is 35.9 Å². The van der Waals surface area contributed by atoms with E-state index in [0.29, 0.717) is 21.9 Å². The summed E-state index contributed by atoms with van der Waals surface area (Å²) < 4.78 is 27.9. The number of nitrogens with zero attached hydrogens (tertiary/aromatic N) is 1. The second kappa shape index (κ2) is 7.15. The second-order valence-corrected chi connectivity index (χ2v) is 8.29. The SMILES string of the molecule is O=S(=O)(NCc1cccc(Cl)c1)c1ccc2nc(-c3ccccc3)[nH]c2c1. The molecule has 2 N–H and O–H groups in total. The molecule has 136 valence electrons. The van der Waals surface area contributed by atoms with Crippen LogP contribution < -0.4 is 4.72 Å². The summed E-state index contributed by atoms with van der Waals surface area (Å²) in [6.45, 7) is 0.166. The third-order valence-electron chi connectivity index (χ3n) is 4.17. The summed E-state index contributed by atoms with van der Waals surface area (Å²) in [6.07, 6.45) is 0. The van der Waals surface area contributed by atoms with Gasteiger partial charge >= 0.3 is 0 Å². The predicted octanol–water partition coefficient (Wildman–Crippen LogP) is 4.36. The molecule has 0 saturated heterocycles. The van der Waals surface area contributed by atoms with Crippen LogP contribution >= 0.6 is 11.6 Å². The minimum atomic E-state index is -3.66. The molecule has 0 bridgehead atoms. The normalized spacial score (nSPS) is 11.7. The van der Waals surface area contributed by atoms with E-state index < -0.39 is 10.0 Å². The van der Waals surface area contributed by atoms with Crippen molar-refractivity contribution in [3.8, 4) is 11.4 Å². The summed E-state index contributed by atoms with van der Waals surface area (Å²) in [7, 11) is -3.66. The number of aromatic nitrogens is 2. The van der Waals surface area contributed by atoms with Crippen molar-refractivity contribution in [3.05, 3.63) is 83.4 Å². The van der Waals surface area contributed by atoms with Crippen molar-refractivity contribution in [1.29, 1.82) is 0 Å². The third kappa shape index (κ3) is 3.88. The Morgan fingerprint density at radius 1 is 0.963 bits per heavy atom. The third-order valence-corrected chi connectivity index (χ3v) is 5.80. The Morgan fingerprint density at radius 3 is 2.56 bits per heavy atom. The summed E-state index contributed by atoms with van der Waals surface area (Å²) in [6, 6.07) is 21.6. The molecule has 0 aliphatic heterocycles. The first-order chi connectivity index (χ1) is 13.0. The summed E-state index contributed by atoms with van der Waals surface area (Å²) in [4.78, 5) is 7.89. The number of halogens is 1. The molecule has 1 aromatic heterocycles. The van der Waals surface area contributed by atoms with Crippen molar-refractivity contribution in [3.63, 3.8) is 0 Å². The van der Waals surface area contributed by atoms with Crippen molar-refractivity contribution in [1.82, 2.24) is 14.7 Å². The molecule has 0 aliphatic rings. The monoisotopic (exact) mass is 397 g/mol. The minimum absolute atomic E-state index is 0.166. The number of rotatable bonds is 5. The number of sulfonamides is 1. The lowest BCUT2D eigenvalue weighted by Gasteiger charge is -2.07. The van der Waals surface area contributed by atoms with Crippen molar-refractivity contribution in [2.24, 2.45) is 0 Å². The van der Waals surface area contributed by atoms with Crippen LogP contribution in [0.2, 0.25) is 5.02 Å². The minimum Gasteiger partial charge on any atom is -0.338 e. The van der Waals surface area contributed by atoms with Crippen LogP contribution in [0.25, 0.3) is 22.4 Å². The molecule has 0 atom stereocenters. The first-order valence-corrected chi connectivity index (χ1v) is 10.2. The maximum Gasteiger partial charge on any atom is 0.240 e. The molecule has 5 nitrogen and oxygen atoms in total. The molecule has 0 saturated carbocycles. The highest BCUT2D eigenvalue weighted by atomic mass is 35.5. The van der Waals surface area contributed by atoms with Crippen molar-refractivity contribution >= 4 is 32.7 Å². The lowest BCUT2D eigenvalue weighted by Crippen LogP contribution is -2.23. The molecule has 1 heterocycles. The summed E-state index contributed by atoms with van der Waals surface area (Å²) in [5.74, 6) is 0.701. The van der Waals surface area contributed by atoms with Gasteiger partial charge in [-0.2, -0.15) is 0 Å². The molecule has 3 aromatic carbocycles. The molecule has 4 rings (SSSR count). The first kappa shape index (κ1) is 17.7. The van der Waals surface area contributed by atoms with Crippen LogP contribution in [0.15, 0.2) is 77.7 Å². The largest absolute Gasteiger partial charge is 0.338 e. The molecule has 0 fully saturated rings. The zero-order valence-corrected chi connectivity index (χ0v) is 15.8. The van der Waals surface area contributed by atoms with Gasteiger partial charge in [0.1, 0.15) is 5.82 Å². The van der Waals surface area contributed by atoms with Crippen molar-refractivity contribution in [2.75, 3.05) is 0 Å². The second-order valence-electron chi connectivity index (χ2n) is 6.08. The van der Waals surface area contributed by atoms with E-state index in [1.54, 1.807) is 36.4 Å². The topological polar surface area (TPSA) is 74.8 Å². The molecule has 7 heteroatoms. The highest BCUT2D eigenvalue weighted by Gasteiger charge is 2.16. The van der Waals surface area contributed by atoms with Crippen molar-refractivity contribution < 1.29 is 8.42 Å². The number of benzene rings is 3. The highest BCUT2D eigenvalue weighted by molar-refractivity contribution is 7.89. The van der Waals surface area contributed by atoms with E-state index >= 15 is 0 Å². The number of imidazole rings is 1. The smallest absolute Gasteiger partial charge is 0.240 e. The maximum absolute atomic E-state index is 12.6. The number of fused-ring (bicyclic) bond motifs is 1. The van der Waals surface area contributed by atoms with E-state index in [-0.39, 0.29) is 11.4 Å². The molecule has 0 aliphatic carbocycles. The number of aromatic amines is 1. The molecule has 27 heavy (non-hydrogen) atoms. The fourth-order valence-electron chi connectivity index (χ4n) is 2.80. The van der Waals surface area contributed by atoms with Gasteiger partial charge in [0.15, 0.2) is 0 Å². The summed E-state index contributed by atoms with van der Waals surface area (Å²) in [5, 5.41) is 0.569. The van der Waals surface area contributed by atoms with E-state index in [4.69, 9.17) is 11.6 Å². The lowest BCUT2D eigenvalue weighted by atomic mass is 10.2. The molecular formula is C20H16ClN3O2S. The van der Waals surface area contributed by atoms with Gasteiger partial charge in [0, 0.05) is 17.1 Å². The fourth-order valence-corrected chi connectivity index (χ4v) is 4.05. The van der Waals surface area contributed by atoms with Gasteiger partial charge in [0.25, 0.3) is 0 Å². The molecule has 0 amide bonds. The zero-order chi connectivity index (χ0) is 18.9. The van der Waals surface area contributed by atoms with Crippen LogP contribution in [-0.4, -0.2) is 18.4 Å². The maximum atomic E-state index is 12.6. The lowest BCUT2D eigenvalue weighted by molar-refractivity contribution is 0.581. The molecule has 0 radical (unpaired) electrons. The highest BCUT2D eigenvalue weighted by Crippen LogP contribution is 2.23.